The number of nitrogens with zero attached hydrogens (tertiary/aromatic N) is 3. The van der Waals surface area contributed by atoms with Gasteiger partial charge in [0.05, 0.1) is 18.7 Å². The van der Waals surface area contributed by atoms with Gasteiger partial charge < -0.3 is 4.74 Å². The number of methoxy groups -OCH3 is 1. The van der Waals surface area contributed by atoms with Crippen LogP contribution in [0.15, 0.2) is 24.3 Å². The fraction of sp³-hybridized carbons (Fsp3) is 0.385. The van der Waals surface area contributed by atoms with Crippen LogP contribution >= 0.6 is 11.6 Å². The summed E-state index contributed by atoms with van der Waals surface area (Å²) < 4.78 is 7.16. The average molecular weight is 266 g/mol. The van der Waals surface area contributed by atoms with Crippen LogP contribution < -0.4 is 4.74 Å². The number of para-hydroxylation sites is 2. The molecule has 1 aromatic heterocycles. The Labute approximate surface area is 112 Å². The van der Waals surface area contributed by atoms with Crippen molar-refractivity contribution in [1.29, 1.82) is 0 Å². The van der Waals surface area contributed by atoms with Crippen LogP contribution in [0.2, 0.25) is 0 Å². The van der Waals surface area contributed by atoms with E-state index in [1.807, 2.05) is 24.3 Å². The van der Waals surface area contributed by atoms with Crippen molar-refractivity contribution in [2.75, 3.05) is 7.11 Å². The van der Waals surface area contributed by atoms with Gasteiger partial charge in [-0.25, -0.2) is 4.68 Å². The van der Waals surface area contributed by atoms with E-state index in [0.717, 1.165) is 22.8 Å². The van der Waals surface area contributed by atoms with E-state index < -0.39 is 0 Å². The Bertz CT molecular complexity index is 537. The summed E-state index contributed by atoms with van der Waals surface area (Å²) in [6, 6.07) is 7.74. The maximum absolute atomic E-state index is 5.90. The summed E-state index contributed by atoms with van der Waals surface area (Å²) in [6.45, 7) is 4.20. The fourth-order valence-corrected chi connectivity index (χ4v) is 2.17. The van der Waals surface area contributed by atoms with Crippen molar-refractivity contribution in [1.82, 2.24) is 15.0 Å². The van der Waals surface area contributed by atoms with Gasteiger partial charge in [-0.1, -0.05) is 31.2 Å². The minimum atomic E-state index is 0.290. The van der Waals surface area contributed by atoms with Gasteiger partial charge in [0.15, 0.2) is 0 Å². The van der Waals surface area contributed by atoms with E-state index in [0.29, 0.717) is 11.8 Å². The molecule has 0 aliphatic carbocycles. The molecule has 0 aliphatic rings. The molecule has 0 saturated heterocycles. The Balaban J connectivity index is 2.60. The number of halogens is 1. The van der Waals surface area contributed by atoms with Gasteiger partial charge >= 0.3 is 0 Å². The van der Waals surface area contributed by atoms with Crippen LogP contribution in [-0.4, -0.2) is 22.1 Å². The maximum atomic E-state index is 5.90. The van der Waals surface area contributed by atoms with Gasteiger partial charge in [0.2, 0.25) is 0 Å². The van der Waals surface area contributed by atoms with Crippen LogP contribution in [0.3, 0.4) is 0 Å². The van der Waals surface area contributed by atoms with Gasteiger partial charge in [0.25, 0.3) is 0 Å². The average Bonchev–Trinajstić information content (AvgIpc) is 2.82. The van der Waals surface area contributed by atoms with Crippen LogP contribution in [0, 0.1) is 0 Å². The molecule has 0 fully saturated rings. The van der Waals surface area contributed by atoms with E-state index in [2.05, 4.69) is 24.2 Å². The summed E-state index contributed by atoms with van der Waals surface area (Å²) in [5.74, 6) is 1.42. The lowest BCUT2D eigenvalue weighted by atomic mass is 10.1. The van der Waals surface area contributed by atoms with E-state index in [-0.39, 0.29) is 0 Å². The van der Waals surface area contributed by atoms with Gasteiger partial charge in [-0.2, -0.15) is 0 Å². The number of hydrogen-bond acceptors (Lipinski definition) is 3. The molecule has 0 amide bonds. The zero-order valence-corrected chi connectivity index (χ0v) is 11.5. The third-order valence-electron chi connectivity index (χ3n) is 2.77. The molecule has 0 spiro atoms. The van der Waals surface area contributed by atoms with Crippen LogP contribution in [0.5, 0.6) is 5.75 Å². The minimum Gasteiger partial charge on any atom is -0.494 e. The van der Waals surface area contributed by atoms with E-state index in [1.165, 1.54) is 0 Å². The molecule has 1 aromatic carbocycles. The summed E-state index contributed by atoms with van der Waals surface area (Å²) in [6.07, 6.45) is 0. The number of ether oxygens (including phenoxy) is 1. The lowest BCUT2D eigenvalue weighted by molar-refractivity contribution is 0.410. The first kappa shape index (κ1) is 12.9. The molecule has 1 heterocycles. The minimum absolute atomic E-state index is 0.290. The van der Waals surface area contributed by atoms with Gasteiger partial charge in [-0.3, -0.25) is 0 Å². The highest BCUT2D eigenvalue weighted by Crippen LogP contribution is 2.27. The second-order valence-electron chi connectivity index (χ2n) is 4.29. The highest BCUT2D eigenvalue weighted by molar-refractivity contribution is 6.16. The van der Waals surface area contributed by atoms with Crippen molar-refractivity contribution in [3.63, 3.8) is 0 Å². The third kappa shape index (κ3) is 2.20. The van der Waals surface area contributed by atoms with E-state index >= 15 is 0 Å². The van der Waals surface area contributed by atoms with Crippen molar-refractivity contribution in [3.05, 3.63) is 35.7 Å². The Morgan fingerprint density at radius 3 is 2.67 bits per heavy atom. The van der Waals surface area contributed by atoms with Crippen LogP contribution in [-0.2, 0) is 5.88 Å². The molecule has 4 nitrogen and oxygen atoms in total. The van der Waals surface area contributed by atoms with Gasteiger partial charge in [-0.15, -0.1) is 16.7 Å². The highest BCUT2D eigenvalue weighted by atomic mass is 35.5. The highest BCUT2D eigenvalue weighted by Gasteiger charge is 2.18. The Morgan fingerprint density at radius 1 is 1.33 bits per heavy atom. The standard InChI is InChI=1S/C13H16ClN3O/c1-9(2)13-10(8-14)15-16-17(13)11-6-4-5-7-12(11)18-3/h4-7,9H,8H2,1-3H3. The molecule has 2 aromatic rings. The summed E-state index contributed by atoms with van der Waals surface area (Å²) in [5, 5.41) is 8.32. The maximum Gasteiger partial charge on any atom is 0.144 e. The molecular formula is C13H16ClN3O. The second kappa shape index (κ2) is 5.40. The molecule has 0 saturated carbocycles. The van der Waals surface area contributed by atoms with Crippen molar-refractivity contribution in [2.24, 2.45) is 0 Å². The van der Waals surface area contributed by atoms with Gasteiger partial charge in [0, 0.05) is 0 Å². The van der Waals surface area contributed by atoms with Gasteiger partial charge in [0.1, 0.15) is 17.1 Å². The first-order chi connectivity index (χ1) is 8.69. The van der Waals surface area contributed by atoms with E-state index in [1.54, 1.807) is 11.8 Å². The summed E-state index contributed by atoms with van der Waals surface area (Å²) in [5.41, 5.74) is 2.72. The topological polar surface area (TPSA) is 39.9 Å². The molecule has 0 unspecified atom stereocenters. The lowest BCUT2D eigenvalue weighted by Crippen LogP contribution is -2.06. The van der Waals surface area contributed by atoms with Gasteiger partial charge in [-0.05, 0) is 18.1 Å². The summed E-state index contributed by atoms with van der Waals surface area (Å²) >= 11 is 5.90. The first-order valence-corrected chi connectivity index (χ1v) is 6.36. The van der Waals surface area contributed by atoms with Crippen LogP contribution in [0.1, 0.15) is 31.2 Å². The largest absolute Gasteiger partial charge is 0.494 e. The summed E-state index contributed by atoms with van der Waals surface area (Å²) in [4.78, 5) is 0. The van der Waals surface area contributed by atoms with E-state index in [4.69, 9.17) is 16.3 Å². The number of aromatic nitrogens is 3. The number of hydrogen-bond donors (Lipinski definition) is 0. The Hall–Kier alpha value is -1.55. The normalized spacial score (nSPS) is 10.9. The molecule has 0 atom stereocenters. The smallest absolute Gasteiger partial charge is 0.144 e. The quantitative estimate of drug-likeness (QED) is 0.798. The van der Waals surface area contributed by atoms with Crippen molar-refractivity contribution < 1.29 is 4.74 Å². The molecule has 18 heavy (non-hydrogen) atoms. The number of benzene rings is 1. The predicted octanol–water partition coefficient (Wildman–Crippen LogP) is 3.14. The molecule has 5 heteroatoms. The number of rotatable bonds is 4. The SMILES string of the molecule is COc1ccccc1-n1nnc(CCl)c1C(C)C. The Morgan fingerprint density at radius 2 is 2.06 bits per heavy atom. The monoisotopic (exact) mass is 265 g/mol. The zero-order chi connectivity index (χ0) is 13.1. The van der Waals surface area contributed by atoms with Crippen molar-refractivity contribution in [3.8, 4) is 11.4 Å². The zero-order valence-electron chi connectivity index (χ0n) is 10.7. The molecule has 96 valence electrons. The van der Waals surface area contributed by atoms with Crippen molar-refractivity contribution >= 4 is 11.6 Å². The predicted molar refractivity (Wildman–Crippen MR) is 71.6 cm³/mol. The van der Waals surface area contributed by atoms with E-state index in [9.17, 15) is 0 Å². The second-order valence-corrected chi connectivity index (χ2v) is 4.56. The van der Waals surface area contributed by atoms with Crippen molar-refractivity contribution in [2.45, 2.75) is 25.6 Å². The molecule has 0 radical (unpaired) electrons. The third-order valence-corrected chi connectivity index (χ3v) is 3.02. The number of alkyl halides is 1. The fourth-order valence-electron chi connectivity index (χ4n) is 1.98. The lowest BCUT2D eigenvalue weighted by Gasteiger charge is -2.13. The molecule has 0 aliphatic heterocycles. The molecule has 2 rings (SSSR count). The molecular weight excluding hydrogens is 250 g/mol. The molecule has 0 N–H and O–H groups in total. The summed E-state index contributed by atoms with van der Waals surface area (Å²) in [7, 11) is 1.65. The molecule has 0 bridgehead atoms. The van der Waals surface area contributed by atoms with Crippen LogP contribution in [0.25, 0.3) is 5.69 Å². The Kier molecular flexibility index (Phi) is 3.87. The first-order valence-electron chi connectivity index (χ1n) is 5.82. The van der Waals surface area contributed by atoms with Crippen LogP contribution in [0.4, 0.5) is 0 Å².